The average Bonchev–Trinajstić information content (AvgIpc) is 2.49. The number of halogens is 1. The molecule has 0 atom stereocenters. The van der Waals surface area contributed by atoms with Gasteiger partial charge in [0.1, 0.15) is 17.0 Å². The van der Waals surface area contributed by atoms with E-state index in [0.717, 1.165) is 58.7 Å². The van der Waals surface area contributed by atoms with Crippen LogP contribution in [0.2, 0.25) is 0 Å². The molecule has 0 aromatic carbocycles. The highest BCUT2D eigenvalue weighted by molar-refractivity contribution is 8.93. The van der Waals surface area contributed by atoms with Gasteiger partial charge < -0.3 is 10.6 Å². The van der Waals surface area contributed by atoms with Crippen LogP contribution in [0.15, 0.2) is 26.9 Å². The Kier molecular flexibility index (Phi) is 5.96. The molecule has 1 aromatic rings. The molecule has 2 heterocycles. The number of anilines is 1. The quantitative estimate of drug-likeness (QED) is 0.740. The molecule has 1 aromatic heterocycles. The molecule has 0 spiro atoms. The minimum absolute atomic E-state index is 0. The van der Waals surface area contributed by atoms with E-state index in [1.54, 1.807) is 18.1 Å². The maximum atomic E-state index is 6.31. The summed E-state index contributed by atoms with van der Waals surface area (Å²) in [5.41, 5.74) is 9.41. The van der Waals surface area contributed by atoms with E-state index < -0.39 is 0 Å². The van der Waals surface area contributed by atoms with Crippen molar-refractivity contribution in [2.75, 3.05) is 18.5 Å². The van der Waals surface area contributed by atoms with E-state index in [1.165, 1.54) is 6.42 Å². The van der Waals surface area contributed by atoms with Crippen LogP contribution in [-0.2, 0) is 0 Å². The van der Waals surface area contributed by atoms with Crippen LogP contribution in [-0.4, -0.2) is 29.3 Å². The Balaban J connectivity index is 0.00000208. The molecule has 2 N–H and O–H groups in total. The van der Waals surface area contributed by atoms with Gasteiger partial charge in [-0.15, -0.1) is 17.0 Å². The van der Waals surface area contributed by atoms with Crippen molar-refractivity contribution in [3.05, 3.63) is 16.9 Å². The van der Waals surface area contributed by atoms with E-state index in [9.17, 15) is 0 Å². The summed E-state index contributed by atoms with van der Waals surface area (Å²) in [6.07, 6.45) is 5.80. The number of nitrogens with two attached hydrogens (primary N) is 1. The molecule has 0 radical (unpaired) electrons. The zero-order valence-electron chi connectivity index (χ0n) is 14.8. The van der Waals surface area contributed by atoms with Crippen molar-refractivity contribution in [2.45, 2.75) is 51.5 Å². The van der Waals surface area contributed by atoms with Crippen molar-refractivity contribution in [3.8, 4) is 0 Å². The minimum atomic E-state index is 0. The van der Waals surface area contributed by atoms with Crippen LogP contribution >= 0.6 is 28.7 Å². The molecule has 1 aliphatic heterocycles. The summed E-state index contributed by atoms with van der Waals surface area (Å²) in [5.74, 6) is 0.921. The fraction of sp³-hybridized carbons (Fsp3) is 0.588. The van der Waals surface area contributed by atoms with Gasteiger partial charge in [-0.2, -0.15) is 0 Å². The lowest BCUT2D eigenvalue weighted by Gasteiger charge is -2.34. The highest BCUT2D eigenvalue weighted by atomic mass is 79.9. The van der Waals surface area contributed by atoms with Gasteiger partial charge in [-0.05, 0) is 24.7 Å². The van der Waals surface area contributed by atoms with Gasteiger partial charge in [0.25, 0.3) is 0 Å². The molecule has 1 aliphatic carbocycles. The molecule has 0 unspecified atom stereocenters. The van der Waals surface area contributed by atoms with E-state index >= 15 is 0 Å². The van der Waals surface area contributed by atoms with Gasteiger partial charge in [-0.25, -0.2) is 15.0 Å². The number of nitrogens with zero attached hydrogens (tertiary/aromatic N) is 4. The summed E-state index contributed by atoms with van der Waals surface area (Å²) < 4.78 is 0. The predicted molar refractivity (Wildman–Crippen MR) is 108 cm³/mol. The van der Waals surface area contributed by atoms with Crippen molar-refractivity contribution < 1.29 is 0 Å². The Bertz CT molecular complexity index is 684. The van der Waals surface area contributed by atoms with Gasteiger partial charge in [0.05, 0.1) is 10.6 Å². The van der Waals surface area contributed by atoms with Crippen molar-refractivity contribution in [1.82, 2.24) is 9.97 Å². The lowest BCUT2D eigenvalue weighted by molar-refractivity contribution is 0.371. The number of aliphatic imine (C=N–C) groups is 1. The maximum Gasteiger partial charge on any atom is 0.158 e. The van der Waals surface area contributed by atoms with Gasteiger partial charge >= 0.3 is 0 Å². The first kappa shape index (κ1) is 19.2. The second-order valence-corrected chi connectivity index (χ2v) is 8.16. The van der Waals surface area contributed by atoms with Crippen molar-refractivity contribution in [2.24, 2.45) is 16.1 Å². The van der Waals surface area contributed by atoms with Gasteiger partial charge in [-0.1, -0.05) is 39.0 Å². The third-order valence-corrected chi connectivity index (χ3v) is 5.49. The summed E-state index contributed by atoms with van der Waals surface area (Å²) in [5, 5.41) is 0.916. The van der Waals surface area contributed by atoms with Gasteiger partial charge in [0.2, 0.25) is 0 Å². The largest absolute Gasteiger partial charge is 0.401 e. The number of fused-ring (bicyclic) bond motifs is 2. The minimum Gasteiger partial charge on any atom is -0.401 e. The first-order valence-electron chi connectivity index (χ1n) is 8.22. The van der Waals surface area contributed by atoms with Crippen molar-refractivity contribution in [1.29, 1.82) is 0 Å². The number of aromatic nitrogens is 2. The second kappa shape index (κ2) is 7.44. The monoisotopic (exact) mass is 411 g/mol. The topological polar surface area (TPSA) is 67.4 Å². The number of thioether (sulfide) groups is 1. The Morgan fingerprint density at radius 2 is 2.04 bits per heavy atom. The number of rotatable bonds is 4. The number of hydrogen-bond donors (Lipinski definition) is 1. The third kappa shape index (κ3) is 3.77. The van der Waals surface area contributed by atoms with Crippen molar-refractivity contribution >= 4 is 46.0 Å². The first-order chi connectivity index (χ1) is 10.9. The highest BCUT2D eigenvalue weighted by Gasteiger charge is 2.34. The standard InChI is InChI=1S/C17H25N5S.BrH/c1-5-6-7-22(4)15-13-16(20-10-19-15)23-14-11(18)8-17(2,3)9-12(14)21-13;/h10H,5-9,18H2,1-4H3;1H. The summed E-state index contributed by atoms with van der Waals surface area (Å²) in [4.78, 5) is 17.1. The SMILES string of the molecule is Br.CCCCN(C)c1ncnc2c1N=C1CC(C)(C)CC(N)=C1S2. The predicted octanol–water partition coefficient (Wildman–Crippen LogP) is 4.46. The van der Waals surface area contributed by atoms with Crippen LogP contribution in [0.25, 0.3) is 0 Å². The fourth-order valence-electron chi connectivity index (χ4n) is 3.13. The lowest BCUT2D eigenvalue weighted by Crippen LogP contribution is -2.29. The molecule has 2 aliphatic rings. The summed E-state index contributed by atoms with van der Waals surface area (Å²) in [6.45, 7) is 7.67. The zero-order valence-corrected chi connectivity index (χ0v) is 17.3. The number of unbranched alkanes of at least 4 members (excludes halogenated alkanes) is 1. The van der Waals surface area contributed by atoms with Crippen LogP contribution in [0, 0.1) is 5.41 Å². The van der Waals surface area contributed by atoms with Crippen LogP contribution in [0.1, 0.15) is 46.5 Å². The van der Waals surface area contributed by atoms with E-state index in [2.05, 4.69) is 42.7 Å². The van der Waals surface area contributed by atoms with Gasteiger partial charge in [0, 0.05) is 19.3 Å². The van der Waals surface area contributed by atoms with Crippen molar-refractivity contribution in [3.63, 3.8) is 0 Å². The molecule has 7 heteroatoms. The van der Waals surface area contributed by atoms with Gasteiger partial charge in [0.15, 0.2) is 5.82 Å². The molecule has 0 fully saturated rings. The van der Waals surface area contributed by atoms with Gasteiger partial charge in [-0.3, -0.25) is 0 Å². The van der Waals surface area contributed by atoms with Crippen LogP contribution in [0.5, 0.6) is 0 Å². The Morgan fingerprint density at radius 1 is 1.29 bits per heavy atom. The molecule has 0 amide bonds. The second-order valence-electron chi connectivity index (χ2n) is 7.16. The van der Waals surface area contributed by atoms with E-state index in [4.69, 9.17) is 10.7 Å². The first-order valence-corrected chi connectivity index (χ1v) is 9.03. The highest BCUT2D eigenvalue weighted by Crippen LogP contribution is 2.49. The van der Waals surface area contributed by atoms with Crippen LogP contribution < -0.4 is 10.6 Å². The summed E-state index contributed by atoms with van der Waals surface area (Å²) >= 11 is 1.65. The fourth-order valence-corrected chi connectivity index (χ4v) is 4.10. The lowest BCUT2D eigenvalue weighted by atomic mass is 9.78. The molecule has 5 nitrogen and oxygen atoms in total. The number of hydrogen-bond acceptors (Lipinski definition) is 6. The molecule has 132 valence electrons. The maximum absolute atomic E-state index is 6.31. The third-order valence-electron chi connectivity index (χ3n) is 4.29. The molecule has 24 heavy (non-hydrogen) atoms. The van der Waals surface area contributed by atoms with E-state index in [-0.39, 0.29) is 22.4 Å². The van der Waals surface area contributed by atoms with E-state index in [1.807, 2.05) is 0 Å². The molecule has 0 bridgehead atoms. The Labute approximate surface area is 159 Å². The average molecular weight is 412 g/mol. The smallest absolute Gasteiger partial charge is 0.158 e. The van der Waals surface area contributed by atoms with Crippen LogP contribution in [0.3, 0.4) is 0 Å². The van der Waals surface area contributed by atoms with E-state index in [0.29, 0.717) is 0 Å². The Hall–Kier alpha value is -1.08. The molecule has 0 saturated carbocycles. The normalized spacial score (nSPS) is 18.2. The zero-order chi connectivity index (χ0) is 16.6. The Morgan fingerprint density at radius 3 is 2.75 bits per heavy atom. The molecular weight excluding hydrogens is 386 g/mol. The molecule has 0 saturated heterocycles. The van der Waals surface area contributed by atoms with Crippen LogP contribution in [0.4, 0.5) is 11.5 Å². The molecule has 3 rings (SSSR count). The number of allylic oxidation sites excluding steroid dienone is 2. The summed E-state index contributed by atoms with van der Waals surface area (Å²) in [6, 6.07) is 0. The molecular formula is C17H26BrN5S. The summed E-state index contributed by atoms with van der Waals surface area (Å²) in [7, 11) is 2.08.